The molecule has 0 radical (unpaired) electrons. The Hall–Kier alpha value is -1.66. The highest BCUT2D eigenvalue weighted by Crippen LogP contribution is 2.39. The molecule has 1 aliphatic carbocycles. The number of hydrogen-bond donors (Lipinski definition) is 2. The average molecular weight is 312 g/mol. The molecule has 1 saturated carbocycles. The maximum absolute atomic E-state index is 12.4. The topological polar surface area (TPSA) is 83.6 Å². The Kier molecular flexibility index (Phi) is 3.35. The number of aromatic nitrogens is 4. The summed E-state index contributed by atoms with van der Waals surface area (Å²) in [6, 6.07) is 4.77. The summed E-state index contributed by atoms with van der Waals surface area (Å²) in [5, 5.41) is 17.7. The zero-order valence-electron chi connectivity index (χ0n) is 10.4. The van der Waals surface area contributed by atoms with E-state index in [4.69, 9.17) is 23.2 Å². The normalized spacial score (nSPS) is 16.5. The van der Waals surface area contributed by atoms with E-state index in [1.54, 1.807) is 18.2 Å². The maximum Gasteiger partial charge on any atom is 0.253 e. The fraction of sp³-hybridized carbons (Fsp3) is 0.333. The number of carbonyl (C=O) groups is 1. The molecule has 0 unspecified atom stereocenters. The number of amides is 1. The van der Waals surface area contributed by atoms with E-state index in [1.165, 1.54) is 0 Å². The lowest BCUT2D eigenvalue weighted by atomic mass is 9.76. The number of benzene rings is 1. The molecule has 0 saturated heterocycles. The monoisotopic (exact) mass is 311 g/mol. The lowest BCUT2D eigenvalue weighted by molar-refractivity contribution is 0.0809. The Labute approximate surface area is 124 Å². The summed E-state index contributed by atoms with van der Waals surface area (Å²) < 4.78 is 0. The van der Waals surface area contributed by atoms with Crippen LogP contribution in [0.2, 0.25) is 10.0 Å². The van der Waals surface area contributed by atoms with Crippen LogP contribution in [0.1, 0.15) is 35.4 Å². The van der Waals surface area contributed by atoms with Gasteiger partial charge in [-0.3, -0.25) is 4.79 Å². The van der Waals surface area contributed by atoms with E-state index in [2.05, 4.69) is 25.9 Å². The Bertz CT molecular complexity index is 639. The van der Waals surface area contributed by atoms with Gasteiger partial charge < -0.3 is 5.32 Å². The second-order valence-electron chi connectivity index (χ2n) is 4.75. The molecular weight excluding hydrogens is 301 g/mol. The van der Waals surface area contributed by atoms with Gasteiger partial charge in [-0.2, -0.15) is 5.21 Å². The van der Waals surface area contributed by atoms with Crippen molar-refractivity contribution in [3.63, 3.8) is 0 Å². The molecule has 1 aromatic carbocycles. The zero-order chi connectivity index (χ0) is 14.2. The van der Waals surface area contributed by atoms with Crippen molar-refractivity contribution in [1.82, 2.24) is 25.9 Å². The number of aromatic amines is 1. The van der Waals surface area contributed by atoms with Gasteiger partial charge in [0.25, 0.3) is 5.91 Å². The Morgan fingerprint density at radius 3 is 2.70 bits per heavy atom. The first-order valence-corrected chi connectivity index (χ1v) is 6.88. The molecule has 1 aromatic heterocycles. The summed E-state index contributed by atoms with van der Waals surface area (Å²) in [7, 11) is 0. The summed E-state index contributed by atoms with van der Waals surface area (Å²) >= 11 is 11.9. The van der Waals surface area contributed by atoms with E-state index in [0.29, 0.717) is 21.4 Å². The van der Waals surface area contributed by atoms with E-state index < -0.39 is 5.54 Å². The van der Waals surface area contributed by atoms with Gasteiger partial charge in [0.2, 0.25) is 0 Å². The number of halogens is 2. The zero-order valence-corrected chi connectivity index (χ0v) is 11.9. The van der Waals surface area contributed by atoms with E-state index in [0.717, 1.165) is 19.3 Å². The average Bonchev–Trinajstić information content (AvgIpc) is 2.87. The molecule has 3 rings (SSSR count). The van der Waals surface area contributed by atoms with Gasteiger partial charge in [0, 0.05) is 5.02 Å². The SMILES string of the molecule is O=C(NC1(c2nn[nH]n2)CCC1)c1ccc(Cl)cc1Cl. The first-order chi connectivity index (χ1) is 9.61. The molecule has 0 spiro atoms. The Morgan fingerprint density at radius 1 is 1.35 bits per heavy atom. The van der Waals surface area contributed by atoms with Crippen molar-refractivity contribution in [3.8, 4) is 0 Å². The van der Waals surface area contributed by atoms with Crippen molar-refractivity contribution in [2.24, 2.45) is 0 Å². The van der Waals surface area contributed by atoms with Crippen LogP contribution in [0.15, 0.2) is 18.2 Å². The maximum atomic E-state index is 12.4. The summed E-state index contributed by atoms with van der Waals surface area (Å²) in [4.78, 5) is 12.4. The number of nitrogens with one attached hydrogen (secondary N) is 2. The van der Waals surface area contributed by atoms with Gasteiger partial charge in [-0.1, -0.05) is 28.4 Å². The third-order valence-corrected chi connectivity index (χ3v) is 4.06. The standard InChI is InChI=1S/C12H11Cl2N5O/c13-7-2-3-8(9(14)6-7)10(20)15-12(4-1-5-12)11-16-18-19-17-11/h2-3,6H,1,4-5H2,(H,15,20)(H,16,17,18,19). The van der Waals surface area contributed by atoms with Gasteiger partial charge >= 0.3 is 0 Å². The first kappa shape index (κ1) is 13.3. The number of tetrazole rings is 1. The van der Waals surface area contributed by atoms with Crippen molar-refractivity contribution in [2.45, 2.75) is 24.8 Å². The fourth-order valence-corrected chi connectivity index (χ4v) is 2.75. The Morgan fingerprint density at radius 2 is 2.15 bits per heavy atom. The molecule has 0 atom stereocenters. The summed E-state index contributed by atoms with van der Waals surface area (Å²) in [6.45, 7) is 0. The van der Waals surface area contributed by atoms with Crippen LogP contribution >= 0.6 is 23.2 Å². The molecule has 0 aliphatic heterocycles. The molecule has 1 heterocycles. The van der Waals surface area contributed by atoms with Crippen molar-refractivity contribution in [1.29, 1.82) is 0 Å². The van der Waals surface area contributed by atoms with Gasteiger partial charge in [0.15, 0.2) is 5.82 Å². The second-order valence-corrected chi connectivity index (χ2v) is 5.59. The van der Waals surface area contributed by atoms with Crippen LogP contribution in [0, 0.1) is 0 Å². The summed E-state index contributed by atoms with van der Waals surface area (Å²) in [5.74, 6) is 0.235. The van der Waals surface area contributed by atoms with E-state index in [9.17, 15) is 4.79 Å². The van der Waals surface area contributed by atoms with Crippen LogP contribution in [0.5, 0.6) is 0 Å². The number of H-pyrrole nitrogens is 1. The number of nitrogens with zero attached hydrogens (tertiary/aromatic N) is 3. The fourth-order valence-electron chi connectivity index (χ4n) is 2.26. The lowest BCUT2D eigenvalue weighted by Gasteiger charge is -2.39. The van der Waals surface area contributed by atoms with Crippen LogP contribution in [-0.4, -0.2) is 26.5 Å². The van der Waals surface area contributed by atoms with Crippen LogP contribution in [0.25, 0.3) is 0 Å². The van der Waals surface area contributed by atoms with Crippen molar-refractivity contribution in [2.75, 3.05) is 0 Å². The molecule has 6 nitrogen and oxygen atoms in total. The van der Waals surface area contributed by atoms with E-state index in [1.807, 2.05) is 0 Å². The smallest absolute Gasteiger partial charge is 0.253 e. The van der Waals surface area contributed by atoms with Crippen LogP contribution < -0.4 is 5.32 Å². The molecule has 0 bridgehead atoms. The number of rotatable bonds is 3. The van der Waals surface area contributed by atoms with Gasteiger partial charge in [-0.25, -0.2) is 0 Å². The van der Waals surface area contributed by atoms with Crippen molar-refractivity contribution < 1.29 is 4.79 Å². The third kappa shape index (κ3) is 2.25. The molecule has 20 heavy (non-hydrogen) atoms. The molecule has 1 fully saturated rings. The third-order valence-electron chi connectivity index (χ3n) is 3.51. The first-order valence-electron chi connectivity index (χ1n) is 6.12. The highest BCUT2D eigenvalue weighted by molar-refractivity contribution is 6.36. The van der Waals surface area contributed by atoms with Crippen LogP contribution in [0.3, 0.4) is 0 Å². The largest absolute Gasteiger partial charge is 0.339 e. The second kappa shape index (κ2) is 5.03. The van der Waals surface area contributed by atoms with Gasteiger partial charge in [0.1, 0.15) is 5.54 Å². The molecule has 104 valence electrons. The van der Waals surface area contributed by atoms with Crippen LogP contribution in [0.4, 0.5) is 0 Å². The van der Waals surface area contributed by atoms with Crippen molar-refractivity contribution >= 4 is 29.1 Å². The minimum absolute atomic E-state index is 0.267. The predicted octanol–water partition coefficient (Wildman–Crippen LogP) is 2.32. The van der Waals surface area contributed by atoms with E-state index >= 15 is 0 Å². The van der Waals surface area contributed by atoms with Crippen LogP contribution in [-0.2, 0) is 5.54 Å². The predicted molar refractivity (Wildman–Crippen MR) is 73.6 cm³/mol. The molecule has 8 heteroatoms. The van der Waals surface area contributed by atoms with Gasteiger partial charge in [-0.15, -0.1) is 10.2 Å². The van der Waals surface area contributed by atoms with E-state index in [-0.39, 0.29) is 5.91 Å². The number of hydrogen-bond acceptors (Lipinski definition) is 4. The summed E-state index contributed by atoms with van der Waals surface area (Å²) in [5.41, 5.74) is -0.168. The summed E-state index contributed by atoms with van der Waals surface area (Å²) in [6.07, 6.45) is 2.57. The quantitative estimate of drug-likeness (QED) is 0.911. The highest BCUT2D eigenvalue weighted by Gasteiger charge is 2.44. The minimum Gasteiger partial charge on any atom is -0.339 e. The Balaban J connectivity index is 1.85. The molecular formula is C12H11Cl2N5O. The highest BCUT2D eigenvalue weighted by atomic mass is 35.5. The molecule has 2 N–H and O–H groups in total. The molecule has 1 aliphatic rings. The molecule has 1 amide bonds. The number of carbonyl (C=O) groups excluding carboxylic acids is 1. The van der Waals surface area contributed by atoms with Crippen molar-refractivity contribution in [3.05, 3.63) is 39.6 Å². The molecule has 2 aromatic rings. The minimum atomic E-state index is -0.549. The lowest BCUT2D eigenvalue weighted by Crippen LogP contribution is -2.51. The van der Waals surface area contributed by atoms with Gasteiger partial charge in [0.05, 0.1) is 10.6 Å². The van der Waals surface area contributed by atoms with Gasteiger partial charge in [-0.05, 0) is 37.5 Å².